The molecule has 0 bridgehead atoms. The van der Waals surface area contributed by atoms with Gasteiger partial charge < -0.3 is 20.7 Å². The molecule has 0 radical (unpaired) electrons. The molecule has 6 heteroatoms. The average molecular weight is 182 g/mol. The van der Waals surface area contributed by atoms with Crippen molar-refractivity contribution in [2.24, 2.45) is 10.3 Å². The van der Waals surface area contributed by atoms with E-state index in [1.165, 1.54) is 24.3 Å². The van der Waals surface area contributed by atoms with Crippen LogP contribution < -0.4 is 59.1 Å². The molecule has 0 spiro atoms. The molecule has 4 nitrogen and oxygen atoms in total. The number of hydrogen-bond acceptors (Lipinski definition) is 4. The standard InChI is InChI=1S/C6H6N2O2.2Na/c9-7-5-1-2-6(8-10)4-3-5;;/h1-4,9-10H;;/q;2*+1/p-2. The van der Waals surface area contributed by atoms with Gasteiger partial charge in [0.1, 0.15) is 0 Å². The maximum atomic E-state index is 9.85. The summed E-state index contributed by atoms with van der Waals surface area (Å²) < 4.78 is 0. The number of allylic oxidation sites excluding steroid dienone is 4. The molecule has 0 unspecified atom stereocenters. The summed E-state index contributed by atoms with van der Waals surface area (Å²) >= 11 is 0. The van der Waals surface area contributed by atoms with Crippen molar-refractivity contribution in [2.75, 3.05) is 0 Å². The minimum atomic E-state index is 0. The van der Waals surface area contributed by atoms with Gasteiger partial charge in [0.2, 0.25) is 0 Å². The molecule has 0 aromatic carbocycles. The topological polar surface area (TPSA) is 70.8 Å². The van der Waals surface area contributed by atoms with Gasteiger partial charge in [-0.15, -0.1) is 0 Å². The zero-order valence-electron chi connectivity index (χ0n) is 7.02. The molecular weight excluding hydrogens is 178 g/mol. The molecule has 52 valence electrons. The number of nitrogens with zero attached hydrogens (tertiary/aromatic N) is 2. The molecule has 0 aromatic rings. The summed E-state index contributed by atoms with van der Waals surface area (Å²) in [5, 5.41) is 25.0. The van der Waals surface area contributed by atoms with Crippen LogP contribution in [0.5, 0.6) is 0 Å². The SMILES string of the molecule is [Na+].[Na+].[O-]N=C1C=CC(=N[O-])C=C1. The summed E-state index contributed by atoms with van der Waals surface area (Å²) in [6.07, 6.45) is 5.74. The van der Waals surface area contributed by atoms with E-state index in [0.29, 0.717) is 11.4 Å². The van der Waals surface area contributed by atoms with Gasteiger partial charge in [-0.05, 0) is 24.3 Å². The Morgan fingerprint density at radius 1 is 0.750 bits per heavy atom. The Kier molecular flexibility index (Phi) is 9.99. The van der Waals surface area contributed by atoms with E-state index in [2.05, 4.69) is 10.3 Å². The zero-order chi connectivity index (χ0) is 7.40. The molecule has 1 aliphatic rings. The van der Waals surface area contributed by atoms with Gasteiger partial charge in [-0.2, -0.15) is 0 Å². The summed E-state index contributed by atoms with van der Waals surface area (Å²) in [5.74, 6) is 0. The summed E-state index contributed by atoms with van der Waals surface area (Å²) in [7, 11) is 0. The van der Waals surface area contributed by atoms with Crippen molar-refractivity contribution in [1.29, 1.82) is 0 Å². The Bertz CT molecular complexity index is 204. The first kappa shape index (κ1) is 14.9. The van der Waals surface area contributed by atoms with Gasteiger partial charge in [-0.1, -0.05) is 0 Å². The van der Waals surface area contributed by atoms with E-state index in [4.69, 9.17) is 0 Å². The summed E-state index contributed by atoms with van der Waals surface area (Å²) in [5.41, 5.74) is 0.597. The van der Waals surface area contributed by atoms with Gasteiger partial charge in [0.05, 0.1) is 11.4 Å². The fourth-order valence-corrected chi connectivity index (χ4v) is 0.574. The molecular formula is C6H4N2Na2O2. The van der Waals surface area contributed by atoms with Crippen LogP contribution in [0.1, 0.15) is 0 Å². The van der Waals surface area contributed by atoms with Crippen molar-refractivity contribution in [1.82, 2.24) is 0 Å². The summed E-state index contributed by atoms with van der Waals surface area (Å²) in [6, 6.07) is 0. The van der Waals surface area contributed by atoms with E-state index < -0.39 is 0 Å². The fourth-order valence-electron chi connectivity index (χ4n) is 0.574. The first-order valence-electron chi connectivity index (χ1n) is 2.63. The predicted molar refractivity (Wildman–Crippen MR) is 39.9 cm³/mol. The van der Waals surface area contributed by atoms with Crippen LogP contribution in [0, 0.1) is 10.4 Å². The Labute approximate surface area is 114 Å². The predicted octanol–water partition coefficient (Wildman–Crippen LogP) is -5.00. The average Bonchev–Trinajstić information content (AvgIpc) is 2.05. The first-order valence-corrected chi connectivity index (χ1v) is 2.63. The Hall–Kier alpha value is 0.420. The van der Waals surface area contributed by atoms with Crippen molar-refractivity contribution in [3.05, 3.63) is 34.7 Å². The van der Waals surface area contributed by atoms with E-state index >= 15 is 0 Å². The molecule has 1 aliphatic carbocycles. The molecule has 0 heterocycles. The fraction of sp³-hybridized carbons (Fsp3) is 0. The van der Waals surface area contributed by atoms with Crippen LogP contribution in [0.15, 0.2) is 34.6 Å². The molecule has 0 fully saturated rings. The zero-order valence-corrected chi connectivity index (χ0v) is 11.0. The smallest absolute Gasteiger partial charge is 0.792 e. The number of rotatable bonds is 0. The van der Waals surface area contributed by atoms with E-state index in [1.807, 2.05) is 0 Å². The van der Waals surface area contributed by atoms with Crippen molar-refractivity contribution < 1.29 is 59.1 Å². The molecule has 0 saturated heterocycles. The molecule has 0 atom stereocenters. The van der Waals surface area contributed by atoms with Crippen LogP contribution in [-0.4, -0.2) is 11.4 Å². The molecule has 0 amide bonds. The van der Waals surface area contributed by atoms with Crippen molar-refractivity contribution in [3.63, 3.8) is 0 Å². The summed E-state index contributed by atoms with van der Waals surface area (Å²) in [6.45, 7) is 0. The molecule has 0 N–H and O–H groups in total. The van der Waals surface area contributed by atoms with Crippen LogP contribution in [0.3, 0.4) is 0 Å². The molecule has 12 heavy (non-hydrogen) atoms. The Balaban J connectivity index is 0. The molecule has 0 aliphatic heterocycles. The quantitative estimate of drug-likeness (QED) is 0.214. The Morgan fingerprint density at radius 2 is 1.00 bits per heavy atom. The van der Waals surface area contributed by atoms with E-state index in [9.17, 15) is 10.4 Å². The Morgan fingerprint density at radius 3 is 1.17 bits per heavy atom. The maximum absolute atomic E-state index is 9.85. The van der Waals surface area contributed by atoms with Crippen molar-refractivity contribution in [3.8, 4) is 0 Å². The van der Waals surface area contributed by atoms with Crippen LogP contribution in [0.2, 0.25) is 0 Å². The van der Waals surface area contributed by atoms with Gasteiger partial charge in [-0.25, -0.2) is 0 Å². The molecule has 0 aromatic heterocycles. The second-order valence-corrected chi connectivity index (χ2v) is 1.70. The maximum Gasteiger partial charge on any atom is 1.00 e. The second kappa shape index (κ2) is 8.04. The third-order valence-electron chi connectivity index (χ3n) is 1.06. The van der Waals surface area contributed by atoms with Crippen molar-refractivity contribution >= 4 is 11.4 Å². The van der Waals surface area contributed by atoms with Gasteiger partial charge in [0.15, 0.2) is 0 Å². The number of hydrogen-bond donors (Lipinski definition) is 0. The monoisotopic (exact) mass is 182 g/mol. The first-order chi connectivity index (χ1) is 4.86. The van der Waals surface area contributed by atoms with Crippen LogP contribution in [0.4, 0.5) is 0 Å². The second-order valence-electron chi connectivity index (χ2n) is 1.70. The van der Waals surface area contributed by atoms with Gasteiger partial charge >= 0.3 is 59.1 Å². The normalized spacial score (nSPS) is 13.0. The van der Waals surface area contributed by atoms with Crippen LogP contribution in [0.25, 0.3) is 0 Å². The van der Waals surface area contributed by atoms with E-state index in [0.717, 1.165) is 0 Å². The summed E-state index contributed by atoms with van der Waals surface area (Å²) in [4.78, 5) is 0. The van der Waals surface area contributed by atoms with Crippen LogP contribution in [-0.2, 0) is 0 Å². The van der Waals surface area contributed by atoms with Gasteiger partial charge in [0.25, 0.3) is 0 Å². The molecule has 1 rings (SSSR count). The molecule has 0 saturated carbocycles. The largest absolute Gasteiger partial charge is 1.00 e. The van der Waals surface area contributed by atoms with E-state index in [-0.39, 0.29) is 59.1 Å². The third-order valence-corrected chi connectivity index (χ3v) is 1.06. The van der Waals surface area contributed by atoms with Gasteiger partial charge in [0, 0.05) is 0 Å². The van der Waals surface area contributed by atoms with Crippen molar-refractivity contribution in [2.45, 2.75) is 0 Å². The third kappa shape index (κ3) is 4.45. The van der Waals surface area contributed by atoms with Crippen LogP contribution >= 0.6 is 0 Å². The van der Waals surface area contributed by atoms with E-state index in [1.54, 1.807) is 0 Å². The van der Waals surface area contributed by atoms with Gasteiger partial charge in [-0.3, -0.25) is 0 Å². The minimum Gasteiger partial charge on any atom is -0.792 e. The minimum absolute atomic E-state index is 0.